The summed E-state index contributed by atoms with van der Waals surface area (Å²) in [5, 5.41) is 3.01. The molecule has 1 aromatic heterocycles. The van der Waals surface area contributed by atoms with Crippen molar-refractivity contribution in [3.05, 3.63) is 94.8 Å². The van der Waals surface area contributed by atoms with Gasteiger partial charge in [0.25, 0.3) is 5.91 Å². The van der Waals surface area contributed by atoms with Gasteiger partial charge in [-0.25, -0.2) is 4.98 Å². The van der Waals surface area contributed by atoms with E-state index in [4.69, 9.17) is 9.72 Å². The van der Waals surface area contributed by atoms with E-state index in [0.29, 0.717) is 17.9 Å². The van der Waals surface area contributed by atoms with Crippen LogP contribution in [0.4, 0.5) is 0 Å². The molecule has 0 atom stereocenters. The highest BCUT2D eigenvalue weighted by molar-refractivity contribution is 5.94. The molecule has 0 saturated carbocycles. The van der Waals surface area contributed by atoms with E-state index in [9.17, 15) is 4.79 Å². The van der Waals surface area contributed by atoms with Crippen molar-refractivity contribution in [2.75, 3.05) is 13.7 Å². The predicted molar refractivity (Wildman–Crippen MR) is 128 cm³/mol. The number of amides is 1. The third kappa shape index (κ3) is 4.83. The smallest absolute Gasteiger partial charge is 0.251 e. The Balaban J connectivity index is 1.46. The second-order valence-electron chi connectivity index (χ2n) is 8.12. The summed E-state index contributed by atoms with van der Waals surface area (Å²) in [6.45, 7) is 5.66. The van der Waals surface area contributed by atoms with E-state index in [1.54, 1.807) is 19.2 Å². The Morgan fingerprint density at radius 3 is 2.72 bits per heavy atom. The Kier molecular flexibility index (Phi) is 6.55. The van der Waals surface area contributed by atoms with Gasteiger partial charge in [-0.3, -0.25) is 4.79 Å². The van der Waals surface area contributed by atoms with Gasteiger partial charge >= 0.3 is 0 Å². The average molecular weight is 428 g/mol. The van der Waals surface area contributed by atoms with Crippen LogP contribution in [0.3, 0.4) is 0 Å². The first-order valence-corrected chi connectivity index (χ1v) is 11.0. The van der Waals surface area contributed by atoms with Crippen LogP contribution < -0.4 is 10.1 Å². The summed E-state index contributed by atoms with van der Waals surface area (Å²) in [6, 6.07) is 22.0. The van der Waals surface area contributed by atoms with Crippen molar-refractivity contribution in [1.82, 2.24) is 14.9 Å². The van der Waals surface area contributed by atoms with Crippen LogP contribution in [-0.4, -0.2) is 29.1 Å². The summed E-state index contributed by atoms with van der Waals surface area (Å²) in [5.41, 5.74) is 6.60. The zero-order chi connectivity index (χ0) is 22.5. The Morgan fingerprint density at radius 1 is 1.03 bits per heavy atom. The van der Waals surface area contributed by atoms with Crippen LogP contribution in [0.1, 0.15) is 39.3 Å². The van der Waals surface area contributed by atoms with Crippen LogP contribution in [-0.2, 0) is 13.0 Å². The predicted octanol–water partition coefficient (Wildman–Crippen LogP) is 5.07. The van der Waals surface area contributed by atoms with E-state index < -0.39 is 0 Å². The summed E-state index contributed by atoms with van der Waals surface area (Å²) >= 11 is 0. The molecular weight excluding hydrogens is 398 g/mol. The monoisotopic (exact) mass is 427 g/mol. The highest BCUT2D eigenvalue weighted by atomic mass is 16.5. The van der Waals surface area contributed by atoms with Crippen LogP contribution >= 0.6 is 0 Å². The van der Waals surface area contributed by atoms with Crippen LogP contribution in [0.25, 0.3) is 11.0 Å². The molecule has 1 N–H and O–H groups in total. The number of nitrogens with zero attached hydrogens (tertiary/aromatic N) is 2. The first-order valence-electron chi connectivity index (χ1n) is 11.0. The summed E-state index contributed by atoms with van der Waals surface area (Å²) in [7, 11) is 1.60. The maximum absolute atomic E-state index is 12.5. The van der Waals surface area contributed by atoms with Crippen LogP contribution in [0, 0.1) is 13.8 Å². The molecule has 0 aliphatic carbocycles. The van der Waals surface area contributed by atoms with Crippen molar-refractivity contribution >= 4 is 16.9 Å². The largest absolute Gasteiger partial charge is 0.497 e. The summed E-state index contributed by atoms with van der Waals surface area (Å²) in [4.78, 5) is 17.3. The van der Waals surface area contributed by atoms with Crippen LogP contribution in [0.2, 0.25) is 0 Å². The van der Waals surface area contributed by atoms with Crippen LogP contribution in [0.5, 0.6) is 5.75 Å². The fourth-order valence-corrected chi connectivity index (χ4v) is 3.95. The number of rotatable bonds is 8. The SMILES string of the molecule is COc1cccc(C(=O)NCCCc2nc3ccccc3n2Cc2cc(C)ccc2C)c1. The van der Waals surface area contributed by atoms with Gasteiger partial charge in [0.15, 0.2) is 0 Å². The van der Waals surface area contributed by atoms with Crippen molar-refractivity contribution in [2.24, 2.45) is 0 Å². The topological polar surface area (TPSA) is 56.1 Å². The van der Waals surface area contributed by atoms with Crippen molar-refractivity contribution in [3.8, 4) is 5.75 Å². The fourth-order valence-electron chi connectivity index (χ4n) is 3.95. The lowest BCUT2D eigenvalue weighted by atomic mass is 10.1. The standard InChI is InChI=1S/C27H29N3O2/c1-19-13-14-20(2)22(16-19)18-30-25-11-5-4-10-24(25)29-26(30)12-7-15-28-27(31)21-8-6-9-23(17-21)32-3/h4-6,8-11,13-14,16-17H,7,12,15,18H2,1-3H3,(H,28,31). The minimum absolute atomic E-state index is 0.0900. The molecule has 32 heavy (non-hydrogen) atoms. The Labute approximate surface area is 189 Å². The molecule has 5 heteroatoms. The minimum atomic E-state index is -0.0900. The molecule has 5 nitrogen and oxygen atoms in total. The maximum atomic E-state index is 12.5. The fraction of sp³-hybridized carbons (Fsp3) is 0.259. The van der Waals surface area contributed by atoms with Crippen LogP contribution in [0.15, 0.2) is 66.7 Å². The number of methoxy groups -OCH3 is 1. The number of carbonyl (C=O) groups excluding carboxylic acids is 1. The van der Waals surface area contributed by atoms with Crippen molar-refractivity contribution in [3.63, 3.8) is 0 Å². The maximum Gasteiger partial charge on any atom is 0.251 e. The number of fused-ring (bicyclic) bond motifs is 1. The van der Waals surface area contributed by atoms with Gasteiger partial charge in [0, 0.05) is 25.1 Å². The molecule has 4 rings (SSSR count). The molecule has 0 aliphatic heterocycles. The third-order valence-corrected chi connectivity index (χ3v) is 5.76. The first-order chi connectivity index (χ1) is 15.5. The van der Waals surface area contributed by atoms with E-state index in [-0.39, 0.29) is 5.91 Å². The molecule has 0 bridgehead atoms. The normalized spacial score (nSPS) is 11.0. The average Bonchev–Trinajstić information content (AvgIpc) is 3.16. The van der Waals surface area contributed by atoms with Gasteiger partial charge in [-0.1, -0.05) is 42.0 Å². The zero-order valence-corrected chi connectivity index (χ0v) is 18.9. The number of hydrogen-bond donors (Lipinski definition) is 1. The number of para-hydroxylation sites is 2. The number of aromatic nitrogens is 2. The van der Waals surface area contributed by atoms with Gasteiger partial charge in [-0.15, -0.1) is 0 Å². The van der Waals surface area contributed by atoms with Crippen molar-refractivity contribution in [1.29, 1.82) is 0 Å². The van der Waals surface area contributed by atoms with Crippen molar-refractivity contribution < 1.29 is 9.53 Å². The molecule has 0 saturated heterocycles. The number of imidazole rings is 1. The molecule has 4 aromatic rings. The molecule has 164 valence electrons. The van der Waals surface area contributed by atoms with Gasteiger partial charge in [-0.05, 0) is 61.7 Å². The van der Waals surface area contributed by atoms with E-state index in [2.05, 4.69) is 60.1 Å². The second kappa shape index (κ2) is 9.69. The van der Waals surface area contributed by atoms with Gasteiger partial charge < -0.3 is 14.6 Å². The van der Waals surface area contributed by atoms with E-state index in [1.165, 1.54) is 16.7 Å². The lowest BCUT2D eigenvalue weighted by Crippen LogP contribution is -2.25. The highest BCUT2D eigenvalue weighted by Gasteiger charge is 2.12. The highest BCUT2D eigenvalue weighted by Crippen LogP contribution is 2.21. The number of ether oxygens (including phenoxy) is 1. The molecule has 1 amide bonds. The zero-order valence-electron chi connectivity index (χ0n) is 18.9. The number of hydrogen-bond acceptors (Lipinski definition) is 3. The number of carbonyl (C=O) groups is 1. The molecule has 0 radical (unpaired) electrons. The molecule has 0 fully saturated rings. The second-order valence-corrected chi connectivity index (χ2v) is 8.12. The molecular formula is C27H29N3O2. The Hall–Kier alpha value is -3.60. The van der Waals surface area contributed by atoms with Crippen molar-refractivity contribution in [2.45, 2.75) is 33.2 Å². The number of aryl methyl sites for hydroxylation is 3. The molecule has 0 aliphatic rings. The lowest BCUT2D eigenvalue weighted by Gasteiger charge is -2.13. The first kappa shape index (κ1) is 21.6. The Morgan fingerprint density at radius 2 is 1.88 bits per heavy atom. The van der Waals surface area contributed by atoms with Gasteiger partial charge in [0.2, 0.25) is 0 Å². The number of nitrogens with one attached hydrogen (secondary N) is 1. The van der Waals surface area contributed by atoms with Gasteiger partial charge in [-0.2, -0.15) is 0 Å². The third-order valence-electron chi connectivity index (χ3n) is 5.76. The van der Waals surface area contributed by atoms with E-state index >= 15 is 0 Å². The summed E-state index contributed by atoms with van der Waals surface area (Å²) in [5.74, 6) is 1.63. The quantitative estimate of drug-likeness (QED) is 0.399. The summed E-state index contributed by atoms with van der Waals surface area (Å²) < 4.78 is 7.51. The molecule has 0 unspecified atom stereocenters. The Bertz CT molecular complexity index is 1240. The summed E-state index contributed by atoms with van der Waals surface area (Å²) in [6.07, 6.45) is 1.60. The molecule has 0 spiro atoms. The molecule has 3 aromatic carbocycles. The lowest BCUT2D eigenvalue weighted by molar-refractivity contribution is 0.0953. The van der Waals surface area contributed by atoms with Gasteiger partial charge in [0.1, 0.15) is 11.6 Å². The van der Waals surface area contributed by atoms with Gasteiger partial charge in [0.05, 0.1) is 18.1 Å². The van der Waals surface area contributed by atoms with E-state index in [1.807, 2.05) is 18.2 Å². The minimum Gasteiger partial charge on any atom is -0.497 e. The number of benzene rings is 3. The van der Waals surface area contributed by atoms with E-state index in [0.717, 1.165) is 36.2 Å². The molecule has 1 heterocycles.